The van der Waals surface area contributed by atoms with Gasteiger partial charge in [0, 0.05) is 34.6 Å². The molecule has 6 heteroatoms. The number of pyridine rings is 1. The molecule has 5 rings (SSSR count). The van der Waals surface area contributed by atoms with Crippen LogP contribution in [0.5, 0.6) is 23.0 Å². The van der Waals surface area contributed by atoms with Crippen LogP contribution in [-0.2, 0) is 6.54 Å². The van der Waals surface area contributed by atoms with Gasteiger partial charge in [-0.2, -0.15) is 0 Å². The maximum Gasteiger partial charge on any atom is 0.231 e. The molecule has 0 fully saturated rings. The zero-order chi connectivity index (χ0) is 16.8. The average Bonchev–Trinajstić information content (AvgIpc) is 3.31. The average molecular weight is 336 g/mol. The molecule has 2 aliphatic heterocycles. The van der Waals surface area contributed by atoms with Gasteiger partial charge in [-0.05, 0) is 37.4 Å². The highest BCUT2D eigenvalue weighted by molar-refractivity contribution is 5.93. The molecule has 2 aromatic carbocycles. The number of hydrogen-bond donors (Lipinski definition) is 1. The number of hydrogen-bond acceptors (Lipinski definition) is 6. The summed E-state index contributed by atoms with van der Waals surface area (Å²) in [7, 11) is 1.91. The highest BCUT2D eigenvalue weighted by Gasteiger charge is 2.23. The minimum absolute atomic E-state index is 0.249. The van der Waals surface area contributed by atoms with Gasteiger partial charge in [0.15, 0.2) is 23.0 Å². The third kappa shape index (κ3) is 2.18. The third-order valence-electron chi connectivity index (χ3n) is 4.51. The molecule has 0 bridgehead atoms. The monoisotopic (exact) mass is 336 g/mol. The Kier molecular flexibility index (Phi) is 3.18. The second-order valence-corrected chi connectivity index (χ2v) is 5.95. The number of rotatable bonds is 3. The van der Waals surface area contributed by atoms with Crippen molar-refractivity contribution in [3.63, 3.8) is 0 Å². The van der Waals surface area contributed by atoms with Gasteiger partial charge in [0.2, 0.25) is 13.6 Å². The van der Waals surface area contributed by atoms with E-state index in [-0.39, 0.29) is 13.6 Å². The Balaban J connectivity index is 1.71. The molecule has 1 N–H and O–H groups in total. The van der Waals surface area contributed by atoms with Crippen LogP contribution in [0.1, 0.15) is 5.56 Å². The van der Waals surface area contributed by atoms with E-state index in [1.807, 2.05) is 43.6 Å². The molecule has 0 amide bonds. The summed E-state index contributed by atoms with van der Waals surface area (Å²) in [6.07, 6.45) is 1.86. The summed E-state index contributed by atoms with van der Waals surface area (Å²) in [5, 5.41) is 5.21. The van der Waals surface area contributed by atoms with Crippen LogP contribution in [0.3, 0.4) is 0 Å². The summed E-state index contributed by atoms with van der Waals surface area (Å²) in [6.45, 7) is 1.16. The van der Waals surface area contributed by atoms with Crippen LogP contribution >= 0.6 is 0 Å². The van der Waals surface area contributed by atoms with Gasteiger partial charge in [0.05, 0.1) is 5.69 Å². The van der Waals surface area contributed by atoms with Gasteiger partial charge >= 0.3 is 0 Å². The van der Waals surface area contributed by atoms with Crippen molar-refractivity contribution in [2.24, 2.45) is 0 Å². The van der Waals surface area contributed by atoms with E-state index >= 15 is 0 Å². The Morgan fingerprint density at radius 1 is 0.960 bits per heavy atom. The fraction of sp³-hybridized carbons (Fsp3) is 0.211. The second kappa shape index (κ2) is 5.53. The van der Waals surface area contributed by atoms with Gasteiger partial charge in [0.1, 0.15) is 0 Å². The highest BCUT2D eigenvalue weighted by Crippen LogP contribution is 2.43. The highest BCUT2D eigenvalue weighted by atomic mass is 16.7. The molecule has 0 radical (unpaired) electrons. The largest absolute Gasteiger partial charge is 0.454 e. The van der Waals surface area contributed by atoms with Crippen LogP contribution in [0.2, 0.25) is 0 Å². The maximum atomic E-state index is 5.67. The summed E-state index contributed by atoms with van der Waals surface area (Å²) < 4.78 is 22.3. The summed E-state index contributed by atoms with van der Waals surface area (Å²) in [5.74, 6) is 3.10. The molecule has 0 saturated heterocycles. The van der Waals surface area contributed by atoms with Crippen molar-refractivity contribution >= 4 is 10.8 Å². The number of nitrogens with one attached hydrogen (secondary N) is 1. The number of fused-ring (bicyclic) bond motifs is 4. The molecule has 0 saturated carbocycles. The minimum atomic E-state index is 0.249. The molecule has 3 heterocycles. The van der Waals surface area contributed by atoms with E-state index in [1.165, 1.54) is 0 Å². The number of ether oxygens (including phenoxy) is 4. The smallest absolute Gasteiger partial charge is 0.231 e. The molecule has 3 aromatic rings. The molecule has 0 atom stereocenters. The molecule has 0 aliphatic carbocycles. The normalized spacial score (nSPS) is 14.3. The van der Waals surface area contributed by atoms with E-state index < -0.39 is 0 Å². The Morgan fingerprint density at radius 2 is 1.72 bits per heavy atom. The van der Waals surface area contributed by atoms with Crippen molar-refractivity contribution in [3.8, 4) is 34.3 Å². The van der Waals surface area contributed by atoms with Crippen molar-refractivity contribution in [3.05, 3.63) is 42.1 Å². The SMILES string of the molecule is CNCc1c(-c2cc3c4c(ccc3cn2)OCO4)ccc2c1OCO2. The molecular weight excluding hydrogens is 320 g/mol. The Labute approximate surface area is 144 Å². The molecule has 126 valence electrons. The lowest BCUT2D eigenvalue weighted by Crippen LogP contribution is -2.08. The summed E-state index contributed by atoms with van der Waals surface area (Å²) in [6, 6.07) is 9.90. The zero-order valence-corrected chi connectivity index (χ0v) is 13.7. The summed E-state index contributed by atoms with van der Waals surface area (Å²) >= 11 is 0. The van der Waals surface area contributed by atoms with Crippen molar-refractivity contribution < 1.29 is 18.9 Å². The standard InChI is InChI=1S/C19H16N2O4/c1-20-8-14-12(3-5-17-19(14)25-10-23-17)15-6-13-11(7-21-15)2-4-16-18(13)24-9-22-16/h2-7,20H,8-10H2,1H3. The molecule has 25 heavy (non-hydrogen) atoms. The topological polar surface area (TPSA) is 61.8 Å². The summed E-state index contributed by atoms with van der Waals surface area (Å²) in [5.41, 5.74) is 2.91. The first kappa shape index (κ1) is 14.4. The van der Waals surface area contributed by atoms with Crippen molar-refractivity contribution in [2.75, 3.05) is 20.6 Å². The lowest BCUT2D eigenvalue weighted by molar-refractivity contribution is 0.173. The van der Waals surface area contributed by atoms with Gasteiger partial charge in [-0.15, -0.1) is 0 Å². The van der Waals surface area contributed by atoms with Gasteiger partial charge in [-0.1, -0.05) is 0 Å². The van der Waals surface area contributed by atoms with Crippen LogP contribution in [0.25, 0.3) is 22.0 Å². The lowest BCUT2D eigenvalue weighted by atomic mass is 10.00. The van der Waals surface area contributed by atoms with Crippen molar-refractivity contribution in [1.29, 1.82) is 0 Å². The van der Waals surface area contributed by atoms with Crippen molar-refractivity contribution in [1.82, 2.24) is 10.3 Å². The van der Waals surface area contributed by atoms with E-state index in [0.717, 1.165) is 50.6 Å². The quantitative estimate of drug-likeness (QED) is 0.793. The fourth-order valence-electron chi connectivity index (χ4n) is 3.35. The predicted molar refractivity (Wildman–Crippen MR) is 92.2 cm³/mol. The first-order valence-corrected chi connectivity index (χ1v) is 8.10. The van der Waals surface area contributed by atoms with Gasteiger partial charge in [-0.3, -0.25) is 4.98 Å². The Hall–Kier alpha value is -2.99. The van der Waals surface area contributed by atoms with E-state index in [0.29, 0.717) is 6.54 Å². The van der Waals surface area contributed by atoms with Crippen LogP contribution in [0.4, 0.5) is 0 Å². The number of nitrogens with zero attached hydrogens (tertiary/aromatic N) is 1. The lowest BCUT2D eigenvalue weighted by Gasteiger charge is -2.13. The number of benzene rings is 2. The van der Waals surface area contributed by atoms with Crippen LogP contribution in [-0.4, -0.2) is 25.6 Å². The third-order valence-corrected chi connectivity index (χ3v) is 4.51. The van der Waals surface area contributed by atoms with Crippen LogP contribution in [0.15, 0.2) is 36.5 Å². The first-order chi connectivity index (χ1) is 12.3. The van der Waals surface area contributed by atoms with E-state index in [4.69, 9.17) is 18.9 Å². The van der Waals surface area contributed by atoms with Crippen LogP contribution < -0.4 is 24.3 Å². The molecule has 0 spiro atoms. The van der Waals surface area contributed by atoms with Gasteiger partial charge in [0.25, 0.3) is 0 Å². The van der Waals surface area contributed by atoms with Gasteiger partial charge in [-0.25, -0.2) is 0 Å². The molecular formula is C19H16N2O4. The molecule has 1 aromatic heterocycles. The molecule has 6 nitrogen and oxygen atoms in total. The fourth-order valence-corrected chi connectivity index (χ4v) is 3.35. The predicted octanol–water partition coefficient (Wildman–Crippen LogP) is 3.08. The maximum absolute atomic E-state index is 5.67. The van der Waals surface area contributed by atoms with E-state index in [1.54, 1.807) is 0 Å². The molecule has 0 unspecified atom stereocenters. The van der Waals surface area contributed by atoms with E-state index in [2.05, 4.69) is 10.3 Å². The Morgan fingerprint density at radius 3 is 2.56 bits per heavy atom. The zero-order valence-electron chi connectivity index (χ0n) is 13.7. The summed E-state index contributed by atoms with van der Waals surface area (Å²) in [4.78, 5) is 4.65. The molecule has 2 aliphatic rings. The second-order valence-electron chi connectivity index (χ2n) is 5.95. The first-order valence-electron chi connectivity index (χ1n) is 8.10. The van der Waals surface area contributed by atoms with E-state index in [9.17, 15) is 0 Å². The number of aromatic nitrogens is 1. The Bertz CT molecular complexity index is 987. The minimum Gasteiger partial charge on any atom is -0.454 e. The van der Waals surface area contributed by atoms with Crippen molar-refractivity contribution in [2.45, 2.75) is 6.54 Å². The van der Waals surface area contributed by atoms with Gasteiger partial charge < -0.3 is 24.3 Å². The van der Waals surface area contributed by atoms with Crippen LogP contribution in [0, 0.1) is 0 Å².